The lowest BCUT2D eigenvalue weighted by atomic mass is 10.2. The second-order valence-corrected chi connectivity index (χ2v) is 5.45. The molecule has 6 nitrogen and oxygen atoms in total. The van der Waals surface area contributed by atoms with Crippen LogP contribution < -0.4 is 10.3 Å². The van der Waals surface area contributed by atoms with Gasteiger partial charge in [0.2, 0.25) is 0 Å². The fraction of sp³-hybridized carbons (Fsp3) is 0.0556. The molecule has 2 aromatic carbocycles. The van der Waals surface area contributed by atoms with Crippen LogP contribution in [-0.4, -0.2) is 28.0 Å². The summed E-state index contributed by atoms with van der Waals surface area (Å²) >= 11 is 0. The molecular weight excluding hydrogens is 323 g/mol. The van der Waals surface area contributed by atoms with E-state index in [1.54, 1.807) is 31.5 Å². The largest absolute Gasteiger partial charge is 0.497 e. The Labute approximate surface area is 141 Å². The lowest BCUT2D eigenvalue weighted by molar-refractivity contribution is 0.415. The van der Waals surface area contributed by atoms with Crippen LogP contribution in [0.25, 0.3) is 21.9 Å². The topological polar surface area (TPSA) is 72.3 Å². The Morgan fingerprint density at radius 2 is 2.04 bits per heavy atom. The molecule has 7 heteroatoms. The van der Waals surface area contributed by atoms with Crippen molar-refractivity contribution in [3.8, 4) is 5.75 Å². The van der Waals surface area contributed by atoms with Crippen molar-refractivity contribution >= 4 is 28.2 Å². The molecule has 0 saturated carbocycles. The second-order valence-electron chi connectivity index (χ2n) is 5.45. The van der Waals surface area contributed by atoms with Gasteiger partial charge >= 0.3 is 0 Å². The summed E-state index contributed by atoms with van der Waals surface area (Å²) in [6, 6.07) is 11.5. The Balaban J connectivity index is 1.77. The number of benzene rings is 2. The zero-order chi connectivity index (χ0) is 17.4. The van der Waals surface area contributed by atoms with Crippen LogP contribution in [0.4, 0.5) is 4.39 Å². The number of H-pyrrole nitrogens is 1. The van der Waals surface area contributed by atoms with E-state index in [1.165, 1.54) is 18.5 Å². The Kier molecular flexibility index (Phi) is 3.53. The van der Waals surface area contributed by atoms with Gasteiger partial charge in [0.25, 0.3) is 5.56 Å². The lowest BCUT2D eigenvalue weighted by Crippen LogP contribution is -2.17. The number of ether oxygens (including phenoxy) is 1. The van der Waals surface area contributed by atoms with Crippen LogP contribution in [0.3, 0.4) is 0 Å². The highest BCUT2D eigenvalue weighted by molar-refractivity contribution is 6.04. The third kappa shape index (κ3) is 2.65. The highest BCUT2D eigenvalue weighted by atomic mass is 19.1. The third-order valence-corrected chi connectivity index (χ3v) is 3.90. The van der Waals surface area contributed by atoms with E-state index in [0.717, 1.165) is 16.0 Å². The van der Waals surface area contributed by atoms with Crippen LogP contribution in [0.2, 0.25) is 0 Å². The van der Waals surface area contributed by atoms with Gasteiger partial charge in [0, 0.05) is 10.9 Å². The van der Waals surface area contributed by atoms with Crippen LogP contribution in [-0.2, 0) is 0 Å². The highest BCUT2D eigenvalue weighted by Gasteiger charge is 2.11. The van der Waals surface area contributed by atoms with E-state index in [1.807, 2.05) is 12.1 Å². The molecule has 4 aromatic rings. The number of hydrogen-bond acceptors (Lipinski definition) is 4. The second kappa shape index (κ2) is 5.86. The van der Waals surface area contributed by atoms with E-state index >= 15 is 0 Å². The van der Waals surface area contributed by atoms with Gasteiger partial charge in [0.15, 0.2) is 0 Å². The van der Waals surface area contributed by atoms with Crippen molar-refractivity contribution in [2.45, 2.75) is 0 Å². The SMILES string of the molecule is COc1ccc(/C=N/n2cnc3c([nH]c4ccc(F)cc43)c2=O)cc1. The standard InChI is InChI=1S/C18H13FN4O2/c1-25-13-5-2-11(3-6-13)9-21-23-10-20-16-14-8-12(19)4-7-15(14)22-17(16)18(23)24/h2-10,22H,1H3/b21-9+. The van der Waals surface area contributed by atoms with Gasteiger partial charge in [-0.25, -0.2) is 9.37 Å². The van der Waals surface area contributed by atoms with Gasteiger partial charge in [-0.15, -0.1) is 0 Å². The van der Waals surface area contributed by atoms with E-state index in [9.17, 15) is 9.18 Å². The van der Waals surface area contributed by atoms with Crippen LogP contribution in [0, 0.1) is 5.82 Å². The fourth-order valence-corrected chi connectivity index (χ4v) is 2.62. The number of aromatic amines is 1. The first-order valence-corrected chi connectivity index (χ1v) is 7.53. The predicted molar refractivity (Wildman–Crippen MR) is 93.8 cm³/mol. The maximum absolute atomic E-state index is 13.4. The summed E-state index contributed by atoms with van der Waals surface area (Å²) in [5.41, 5.74) is 1.82. The number of halogens is 1. The van der Waals surface area contributed by atoms with Gasteiger partial charge in [-0.05, 0) is 48.0 Å². The number of methoxy groups -OCH3 is 1. The van der Waals surface area contributed by atoms with Crippen molar-refractivity contribution in [3.63, 3.8) is 0 Å². The smallest absolute Gasteiger partial charge is 0.298 e. The lowest BCUT2D eigenvalue weighted by Gasteiger charge is -2.00. The van der Waals surface area contributed by atoms with E-state index in [4.69, 9.17) is 4.74 Å². The van der Waals surface area contributed by atoms with Crippen molar-refractivity contribution in [1.29, 1.82) is 0 Å². The predicted octanol–water partition coefficient (Wildman–Crippen LogP) is 2.91. The molecule has 0 amide bonds. The summed E-state index contributed by atoms with van der Waals surface area (Å²) in [6.45, 7) is 0. The van der Waals surface area contributed by atoms with Gasteiger partial charge in [-0.3, -0.25) is 4.79 Å². The summed E-state index contributed by atoms with van der Waals surface area (Å²) in [5.74, 6) is 0.361. The number of rotatable bonds is 3. The summed E-state index contributed by atoms with van der Waals surface area (Å²) in [6.07, 6.45) is 2.87. The molecule has 0 atom stereocenters. The Bertz CT molecular complexity index is 1160. The van der Waals surface area contributed by atoms with Crippen molar-refractivity contribution in [2.75, 3.05) is 7.11 Å². The maximum atomic E-state index is 13.4. The van der Waals surface area contributed by atoms with Crippen molar-refractivity contribution < 1.29 is 9.13 Å². The number of nitrogens with zero attached hydrogens (tertiary/aromatic N) is 3. The van der Waals surface area contributed by atoms with Crippen molar-refractivity contribution in [3.05, 3.63) is 70.5 Å². The van der Waals surface area contributed by atoms with Gasteiger partial charge in [0.1, 0.15) is 28.9 Å². The van der Waals surface area contributed by atoms with Gasteiger partial charge in [-0.2, -0.15) is 9.78 Å². The van der Waals surface area contributed by atoms with Gasteiger partial charge in [-0.1, -0.05) is 0 Å². The molecule has 0 radical (unpaired) electrons. The first kappa shape index (κ1) is 15.1. The van der Waals surface area contributed by atoms with Crippen LogP contribution in [0.1, 0.15) is 5.56 Å². The molecule has 0 aliphatic heterocycles. The summed E-state index contributed by atoms with van der Waals surface area (Å²) in [4.78, 5) is 19.8. The zero-order valence-corrected chi connectivity index (χ0v) is 13.2. The van der Waals surface area contributed by atoms with Gasteiger partial charge < -0.3 is 9.72 Å². The molecule has 0 aliphatic carbocycles. The fourth-order valence-electron chi connectivity index (χ4n) is 2.62. The minimum absolute atomic E-state index is 0.287. The summed E-state index contributed by atoms with van der Waals surface area (Å²) in [7, 11) is 1.59. The minimum Gasteiger partial charge on any atom is -0.497 e. The average Bonchev–Trinajstić information content (AvgIpc) is 3.00. The molecule has 0 aliphatic rings. The van der Waals surface area contributed by atoms with E-state index in [2.05, 4.69) is 15.1 Å². The molecule has 0 fully saturated rings. The third-order valence-electron chi connectivity index (χ3n) is 3.90. The molecule has 1 N–H and O–H groups in total. The van der Waals surface area contributed by atoms with Crippen LogP contribution in [0.5, 0.6) is 5.75 Å². The number of fused-ring (bicyclic) bond motifs is 3. The molecule has 124 valence electrons. The molecular formula is C18H13FN4O2. The van der Waals surface area contributed by atoms with Crippen LogP contribution >= 0.6 is 0 Å². The average molecular weight is 336 g/mol. The maximum Gasteiger partial charge on any atom is 0.298 e. The minimum atomic E-state index is -0.378. The molecule has 25 heavy (non-hydrogen) atoms. The Morgan fingerprint density at radius 3 is 2.80 bits per heavy atom. The molecule has 0 spiro atoms. The first-order valence-electron chi connectivity index (χ1n) is 7.53. The molecule has 2 heterocycles. The quantitative estimate of drug-likeness (QED) is 0.585. The molecule has 0 bridgehead atoms. The molecule has 2 aromatic heterocycles. The van der Waals surface area contributed by atoms with E-state index < -0.39 is 0 Å². The Morgan fingerprint density at radius 1 is 1.24 bits per heavy atom. The van der Waals surface area contributed by atoms with Crippen molar-refractivity contribution in [2.24, 2.45) is 5.10 Å². The summed E-state index contributed by atoms with van der Waals surface area (Å²) < 4.78 is 19.7. The first-order chi connectivity index (χ1) is 12.2. The van der Waals surface area contributed by atoms with E-state index in [-0.39, 0.29) is 16.9 Å². The van der Waals surface area contributed by atoms with Crippen molar-refractivity contribution in [1.82, 2.24) is 14.6 Å². The Hall–Kier alpha value is -3.48. The summed E-state index contributed by atoms with van der Waals surface area (Å²) in [5, 5.41) is 4.72. The zero-order valence-electron chi connectivity index (χ0n) is 13.2. The van der Waals surface area contributed by atoms with Crippen LogP contribution in [0.15, 0.2) is 58.7 Å². The van der Waals surface area contributed by atoms with E-state index in [0.29, 0.717) is 16.4 Å². The number of nitrogens with one attached hydrogen (secondary N) is 1. The molecule has 4 rings (SSSR count). The normalized spacial score (nSPS) is 11.6. The molecule has 0 saturated heterocycles. The highest BCUT2D eigenvalue weighted by Crippen LogP contribution is 2.22. The molecule has 0 unspecified atom stereocenters. The number of aromatic nitrogens is 3. The number of hydrogen-bond donors (Lipinski definition) is 1. The monoisotopic (exact) mass is 336 g/mol. The van der Waals surface area contributed by atoms with Gasteiger partial charge in [0.05, 0.1) is 13.3 Å².